The SMILES string of the molecule is CC1CCC(CNc2cc(Br)nc(C3CC3)n2)CC1. The number of rotatable bonds is 4. The van der Waals surface area contributed by atoms with Crippen LogP contribution in [0, 0.1) is 11.8 Å². The van der Waals surface area contributed by atoms with Crippen molar-refractivity contribution in [3.8, 4) is 0 Å². The van der Waals surface area contributed by atoms with Crippen molar-refractivity contribution < 1.29 is 0 Å². The lowest BCUT2D eigenvalue weighted by Crippen LogP contribution is -2.20. The van der Waals surface area contributed by atoms with Gasteiger partial charge in [0.05, 0.1) is 0 Å². The van der Waals surface area contributed by atoms with Crippen molar-refractivity contribution in [3.63, 3.8) is 0 Å². The average molecular weight is 324 g/mol. The predicted octanol–water partition coefficient (Wildman–Crippen LogP) is 4.35. The first kappa shape index (κ1) is 13.3. The first-order chi connectivity index (χ1) is 9.20. The highest BCUT2D eigenvalue weighted by molar-refractivity contribution is 9.10. The van der Waals surface area contributed by atoms with Crippen LogP contribution in [0.5, 0.6) is 0 Å². The summed E-state index contributed by atoms with van der Waals surface area (Å²) in [5.74, 6) is 4.34. The molecule has 0 unspecified atom stereocenters. The van der Waals surface area contributed by atoms with Crippen LogP contribution in [-0.4, -0.2) is 16.5 Å². The third kappa shape index (κ3) is 3.68. The molecular weight excluding hydrogens is 302 g/mol. The van der Waals surface area contributed by atoms with Crippen molar-refractivity contribution >= 4 is 21.7 Å². The number of aromatic nitrogens is 2. The highest BCUT2D eigenvalue weighted by atomic mass is 79.9. The van der Waals surface area contributed by atoms with E-state index in [9.17, 15) is 0 Å². The molecule has 0 saturated heterocycles. The Kier molecular flexibility index (Phi) is 4.06. The molecule has 0 aromatic carbocycles. The van der Waals surface area contributed by atoms with Gasteiger partial charge in [-0.2, -0.15) is 0 Å². The summed E-state index contributed by atoms with van der Waals surface area (Å²) in [6.45, 7) is 3.42. The maximum absolute atomic E-state index is 4.64. The monoisotopic (exact) mass is 323 g/mol. The Balaban J connectivity index is 1.57. The van der Waals surface area contributed by atoms with Crippen molar-refractivity contribution in [2.45, 2.75) is 51.4 Å². The lowest BCUT2D eigenvalue weighted by Gasteiger charge is -2.26. The van der Waals surface area contributed by atoms with Crippen LogP contribution in [0.15, 0.2) is 10.7 Å². The second kappa shape index (κ2) is 5.78. The average Bonchev–Trinajstić information content (AvgIpc) is 3.22. The second-order valence-corrected chi connectivity index (χ2v) is 7.03. The van der Waals surface area contributed by atoms with Gasteiger partial charge >= 0.3 is 0 Å². The first-order valence-electron chi connectivity index (χ1n) is 7.49. The van der Waals surface area contributed by atoms with Gasteiger partial charge in [-0.15, -0.1) is 0 Å². The summed E-state index contributed by atoms with van der Waals surface area (Å²) in [5, 5.41) is 3.51. The Morgan fingerprint density at radius 2 is 1.89 bits per heavy atom. The summed E-state index contributed by atoms with van der Waals surface area (Å²) in [5.41, 5.74) is 0. The summed E-state index contributed by atoms with van der Waals surface area (Å²) in [6.07, 6.45) is 7.97. The van der Waals surface area contributed by atoms with Crippen LogP contribution in [0.25, 0.3) is 0 Å². The minimum absolute atomic E-state index is 0.605. The maximum Gasteiger partial charge on any atom is 0.135 e. The zero-order valence-electron chi connectivity index (χ0n) is 11.5. The van der Waals surface area contributed by atoms with E-state index in [0.29, 0.717) is 5.92 Å². The van der Waals surface area contributed by atoms with Crippen LogP contribution in [0.2, 0.25) is 0 Å². The fourth-order valence-corrected chi connectivity index (χ4v) is 3.23. The smallest absolute Gasteiger partial charge is 0.135 e. The standard InChI is InChI=1S/C15H22BrN3/c1-10-2-4-11(5-3-10)9-17-14-8-13(16)18-15(19-14)12-6-7-12/h8,10-12H,2-7,9H2,1H3,(H,17,18,19). The number of nitrogens with zero attached hydrogens (tertiary/aromatic N) is 2. The molecule has 2 saturated carbocycles. The van der Waals surface area contributed by atoms with E-state index in [4.69, 9.17) is 0 Å². The Morgan fingerprint density at radius 1 is 1.16 bits per heavy atom. The molecule has 0 aliphatic heterocycles. The Hall–Kier alpha value is -0.640. The van der Waals surface area contributed by atoms with Crippen molar-refractivity contribution in [2.75, 3.05) is 11.9 Å². The van der Waals surface area contributed by atoms with Crippen LogP contribution < -0.4 is 5.32 Å². The fraction of sp³-hybridized carbons (Fsp3) is 0.733. The molecule has 4 heteroatoms. The first-order valence-corrected chi connectivity index (χ1v) is 8.28. The van der Waals surface area contributed by atoms with Crippen LogP contribution in [0.3, 0.4) is 0 Å². The molecule has 1 aromatic heterocycles. The zero-order chi connectivity index (χ0) is 13.2. The summed E-state index contributed by atoms with van der Waals surface area (Å²) >= 11 is 3.49. The van der Waals surface area contributed by atoms with Crippen molar-refractivity contribution in [3.05, 3.63) is 16.5 Å². The molecule has 2 aliphatic rings. The van der Waals surface area contributed by atoms with Gasteiger partial charge in [0.1, 0.15) is 16.2 Å². The Bertz CT molecular complexity index is 437. The van der Waals surface area contributed by atoms with Crippen LogP contribution >= 0.6 is 15.9 Å². The van der Waals surface area contributed by atoms with Crippen molar-refractivity contribution in [2.24, 2.45) is 11.8 Å². The quantitative estimate of drug-likeness (QED) is 0.837. The van der Waals surface area contributed by atoms with E-state index in [2.05, 4.69) is 38.1 Å². The fourth-order valence-electron chi connectivity index (χ4n) is 2.83. The largest absolute Gasteiger partial charge is 0.370 e. The minimum atomic E-state index is 0.605. The van der Waals surface area contributed by atoms with Gasteiger partial charge in [0, 0.05) is 18.5 Å². The molecule has 0 atom stereocenters. The van der Waals surface area contributed by atoms with E-state index >= 15 is 0 Å². The van der Waals surface area contributed by atoms with Gasteiger partial charge in [0.2, 0.25) is 0 Å². The van der Waals surface area contributed by atoms with Crippen molar-refractivity contribution in [1.29, 1.82) is 0 Å². The van der Waals surface area contributed by atoms with Gasteiger partial charge < -0.3 is 5.32 Å². The molecular formula is C15H22BrN3. The number of nitrogens with one attached hydrogen (secondary N) is 1. The molecule has 3 nitrogen and oxygen atoms in total. The summed E-state index contributed by atoms with van der Waals surface area (Å²) < 4.78 is 0.907. The Labute approximate surface area is 123 Å². The van der Waals surface area contributed by atoms with Gasteiger partial charge in [0.15, 0.2) is 0 Å². The van der Waals surface area contributed by atoms with Crippen molar-refractivity contribution in [1.82, 2.24) is 9.97 Å². The molecule has 19 heavy (non-hydrogen) atoms. The molecule has 2 aliphatic carbocycles. The van der Waals surface area contributed by atoms with Gasteiger partial charge in [0.25, 0.3) is 0 Å². The molecule has 1 aromatic rings. The lowest BCUT2D eigenvalue weighted by molar-refractivity contribution is 0.300. The molecule has 0 radical (unpaired) electrons. The number of anilines is 1. The van der Waals surface area contributed by atoms with Gasteiger partial charge in [-0.05, 0) is 53.4 Å². The third-order valence-corrected chi connectivity index (χ3v) is 4.77. The number of hydrogen-bond acceptors (Lipinski definition) is 3. The van der Waals surface area contributed by atoms with Gasteiger partial charge in [-0.25, -0.2) is 9.97 Å². The molecule has 0 spiro atoms. The third-order valence-electron chi connectivity index (χ3n) is 4.36. The summed E-state index contributed by atoms with van der Waals surface area (Å²) in [7, 11) is 0. The topological polar surface area (TPSA) is 37.8 Å². The van der Waals surface area contributed by atoms with E-state index in [1.807, 2.05) is 6.07 Å². The molecule has 1 N–H and O–H groups in total. The lowest BCUT2D eigenvalue weighted by atomic mass is 9.83. The van der Waals surface area contributed by atoms with E-state index in [-0.39, 0.29) is 0 Å². The molecule has 2 fully saturated rings. The second-order valence-electron chi connectivity index (χ2n) is 6.22. The molecule has 0 bridgehead atoms. The summed E-state index contributed by atoms with van der Waals surface area (Å²) in [4.78, 5) is 9.11. The van der Waals surface area contributed by atoms with E-state index in [1.165, 1.54) is 38.5 Å². The zero-order valence-corrected chi connectivity index (χ0v) is 13.1. The maximum atomic E-state index is 4.64. The molecule has 3 rings (SSSR count). The van der Waals surface area contributed by atoms with Crippen LogP contribution in [0.4, 0.5) is 5.82 Å². The number of halogens is 1. The highest BCUT2D eigenvalue weighted by Gasteiger charge is 2.27. The summed E-state index contributed by atoms with van der Waals surface area (Å²) in [6, 6.07) is 2.00. The predicted molar refractivity (Wildman–Crippen MR) is 81.3 cm³/mol. The van der Waals surface area contributed by atoms with Gasteiger partial charge in [-0.3, -0.25) is 0 Å². The van der Waals surface area contributed by atoms with Crippen LogP contribution in [-0.2, 0) is 0 Å². The normalized spacial score (nSPS) is 27.3. The van der Waals surface area contributed by atoms with Gasteiger partial charge in [-0.1, -0.05) is 19.8 Å². The molecule has 1 heterocycles. The van der Waals surface area contributed by atoms with E-state index in [0.717, 1.165) is 34.6 Å². The minimum Gasteiger partial charge on any atom is -0.370 e. The highest BCUT2D eigenvalue weighted by Crippen LogP contribution is 2.38. The molecule has 104 valence electrons. The van der Waals surface area contributed by atoms with E-state index in [1.54, 1.807) is 0 Å². The number of hydrogen-bond donors (Lipinski definition) is 1. The Morgan fingerprint density at radius 3 is 2.58 bits per heavy atom. The van der Waals surface area contributed by atoms with E-state index < -0.39 is 0 Å². The van der Waals surface area contributed by atoms with Crippen LogP contribution in [0.1, 0.15) is 57.2 Å². The molecule has 0 amide bonds.